The van der Waals surface area contributed by atoms with Crippen molar-refractivity contribution >= 4 is 29.4 Å². The lowest BCUT2D eigenvalue weighted by molar-refractivity contribution is -0.384. The molecule has 1 aliphatic rings. The van der Waals surface area contributed by atoms with Crippen LogP contribution in [0.2, 0.25) is 5.02 Å². The zero-order valence-corrected chi connectivity index (χ0v) is 13.5. The molecule has 0 saturated heterocycles. The van der Waals surface area contributed by atoms with Gasteiger partial charge in [-0.1, -0.05) is 11.6 Å². The second kappa shape index (κ2) is 7.18. The van der Waals surface area contributed by atoms with Crippen molar-refractivity contribution in [1.29, 1.82) is 0 Å². The Morgan fingerprint density at radius 2 is 1.96 bits per heavy atom. The number of fused-ring (bicyclic) bond motifs is 1. The van der Waals surface area contributed by atoms with Crippen LogP contribution >= 0.6 is 11.6 Å². The van der Waals surface area contributed by atoms with Crippen LogP contribution in [0.3, 0.4) is 0 Å². The van der Waals surface area contributed by atoms with E-state index >= 15 is 0 Å². The van der Waals surface area contributed by atoms with Gasteiger partial charge in [-0.05, 0) is 29.8 Å². The SMILES string of the molecule is O=C(N/N=C/c1ccc2c(c1)OCCO2)c1ccc([N+](=O)[O-])cc1Cl. The zero-order valence-electron chi connectivity index (χ0n) is 12.8. The number of nitro benzene ring substituents is 1. The number of hydrogen-bond acceptors (Lipinski definition) is 6. The van der Waals surface area contributed by atoms with Crippen molar-refractivity contribution in [3.05, 3.63) is 62.7 Å². The van der Waals surface area contributed by atoms with Gasteiger partial charge in [0, 0.05) is 12.1 Å². The van der Waals surface area contributed by atoms with Gasteiger partial charge in [-0.2, -0.15) is 5.10 Å². The largest absolute Gasteiger partial charge is 0.486 e. The number of nitrogens with zero attached hydrogens (tertiary/aromatic N) is 2. The second-order valence-corrected chi connectivity index (χ2v) is 5.43. The molecule has 0 atom stereocenters. The Bertz CT molecular complexity index is 869. The van der Waals surface area contributed by atoms with E-state index in [2.05, 4.69) is 10.5 Å². The molecular weight excluding hydrogens is 350 g/mol. The van der Waals surface area contributed by atoms with Crippen molar-refractivity contribution < 1.29 is 19.2 Å². The molecule has 0 aliphatic carbocycles. The van der Waals surface area contributed by atoms with Crippen molar-refractivity contribution in [2.45, 2.75) is 0 Å². The van der Waals surface area contributed by atoms with Gasteiger partial charge in [0.15, 0.2) is 11.5 Å². The van der Waals surface area contributed by atoms with Crippen LogP contribution in [0.1, 0.15) is 15.9 Å². The lowest BCUT2D eigenvalue weighted by Gasteiger charge is -2.18. The first-order valence-electron chi connectivity index (χ1n) is 7.21. The van der Waals surface area contributed by atoms with E-state index in [0.717, 1.165) is 6.07 Å². The monoisotopic (exact) mass is 361 g/mol. The van der Waals surface area contributed by atoms with Gasteiger partial charge in [0.1, 0.15) is 13.2 Å². The van der Waals surface area contributed by atoms with Crippen LogP contribution in [-0.2, 0) is 0 Å². The fourth-order valence-electron chi connectivity index (χ4n) is 2.17. The average molecular weight is 362 g/mol. The Kier molecular flexibility index (Phi) is 4.80. The molecular formula is C16H12ClN3O5. The van der Waals surface area contributed by atoms with Gasteiger partial charge < -0.3 is 9.47 Å². The van der Waals surface area contributed by atoms with Crippen LogP contribution in [0.25, 0.3) is 0 Å². The van der Waals surface area contributed by atoms with Crippen LogP contribution in [-0.4, -0.2) is 30.3 Å². The summed E-state index contributed by atoms with van der Waals surface area (Å²) in [6.07, 6.45) is 1.44. The van der Waals surface area contributed by atoms with Crippen molar-refractivity contribution in [1.82, 2.24) is 5.43 Å². The van der Waals surface area contributed by atoms with E-state index in [4.69, 9.17) is 21.1 Å². The maximum atomic E-state index is 12.0. The molecule has 1 heterocycles. The van der Waals surface area contributed by atoms with Gasteiger partial charge in [-0.3, -0.25) is 14.9 Å². The van der Waals surface area contributed by atoms with Crippen LogP contribution in [0.15, 0.2) is 41.5 Å². The number of carbonyl (C=O) groups is 1. The summed E-state index contributed by atoms with van der Waals surface area (Å²) in [7, 11) is 0. The molecule has 8 nitrogen and oxygen atoms in total. The van der Waals surface area contributed by atoms with E-state index in [1.807, 2.05) is 0 Å². The molecule has 1 amide bonds. The first kappa shape index (κ1) is 16.7. The third-order valence-corrected chi connectivity index (χ3v) is 3.67. The van der Waals surface area contributed by atoms with E-state index in [1.165, 1.54) is 18.3 Å². The Labute approximate surface area is 147 Å². The van der Waals surface area contributed by atoms with Crippen LogP contribution in [0.5, 0.6) is 11.5 Å². The summed E-state index contributed by atoms with van der Waals surface area (Å²) in [5, 5.41) is 14.5. The average Bonchev–Trinajstić information content (AvgIpc) is 2.61. The maximum absolute atomic E-state index is 12.0. The maximum Gasteiger partial charge on any atom is 0.272 e. The number of non-ortho nitro benzene ring substituents is 1. The van der Waals surface area contributed by atoms with E-state index in [9.17, 15) is 14.9 Å². The second-order valence-electron chi connectivity index (χ2n) is 5.02. The van der Waals surface area contributed by atoms with Gasteiger partial charge in [-0.15, -0.1) is 0 Å². The van der Waals surface area contributed by atoms with Crippen molar-refractivity contribution in [3.8, 4) is 11.5 Å². The number of carbonyl (C=O) groups excluding carboxylic acids is 1. The fraction of sp³-hybridized carbons (Fsp3) is 0.125. The summed E-state index contributed by atoms with van der Waals surface area (Å²) in [4.78, 5) is 22.1. The molecule has 1 aliphatic heterocycles. The van der Waals surface area contributed by atoms with Crippen molar-refractivity contribution in [2.24, 2.45) is 5.10 Å². The third kappa shape index (κ3) is 3.86. The summed E-state index contributed by atoms with van der Waals surface area (Å²) in [6.45, 7) is 0.982. The first-order chi connectivity index (χ1) is 12.0. The topological polar surface area (TPSA) is 103 Å². The number of hydrazone groups is 1. The molecule has 0 aromatic heterocycles. The van der Waals surface area contributed by atoms with Gasteiger partial charge in [0.2, 0.25) is 0 Å². The minimum atomic E-state index is -0.590. The van der Waals surface area contributed by atoms with E-state index in [0.29, 0.717) is 30.3 Å². The highest BCUT2D eigenvalue weighted by Crippen LogP contribution is 2.30. The lowest BCUT2D eigenvalue weighted by atomic mass is 10.2. The molecule has 128 valence electrons. The molecule has 0 unspecified atom stereocenters. The number of ether oxygens (including phenoxy) is 2. The molecule has 25 heavy (non-hydrogen) atoms. The molecule has 0 saturated carbocycles. The molecule has 3 rings (SSSR count). The van der Waals surface area contributed by atoms with Crippen LogP contribution in [0, 0.1) is 10.1 Å². The van der Waals surface area contributed by atoms with E-state index in [-0.39, 0.29) is 16.3 Å². The number of amides is 1. The summed E-state index contributed by atoms with van der Waals surface area (Å²) in [5.74, 6) is 0.693. The van der Waals surface area contributed by atoms with Gasteiger partial charge >= 0.3 is 0 Å². The zero-order chi connectivity index (χ0) is 17.8. The van der Waals surface area contributed by atoms with E-state index < -0.39 is 10.8 Å². The summed E-state index contributed by atoms with van der Waals surface area (Å²) in [5.41, 5.74) is 2.93. The molecule has 2 aromatic rings. The Morgan fingerprint density at radius 3 is 2.68 bits per heavy atom. The Hall–Kier alpha value is -3.13. The Balaban J connectivity index is 1.68. The number of nitro groups is 1. The predicted molar refractivity (Wildman–Crippen MR) is 90.6 cm³/mol. The molecule has 0 radical (unpaired) electrons. The van der Waals surface area contributed by atoms with Gasteiger partial charge in [0.05, 0.1) is 21.7 Å². The number of rotatable bonds is 4. The van der Waals surface area contributed by atoms with Gasteiger partial charge in [-0.25, -0.2) is 5.43 Å². The number of benzene rings is 2. The van der Waals surface area contributed by atoms with Crippen molar-refractivity contribution in [3.63, 3.8) is 0 Å². The highest BCUT2D eigenvalue weighted by molar-refractivity contribution is 6.34. The molecule has 1 N–H and O–H groups in total. The van der Waals surface area contributed by atoms with Crippen LogP contribution < -0.4 is 14.9 Å². The van der Waals surface area contributed by atoms with Gasteiger partial charge in [0.25, 0.3) is 11.6 Å². The summed E-state index contributed by atoms with van der Waals surface area (Å²) < 4.78 is 10.9. The van der Waals surface area contributed by atoms with E-state index in [1.54, 1.807) is 18.2 Å². The molecule has 9 heteroatoms. The normalized spacial score (nSPS) is 12.8. The quantitative estimate of drug-likeness (QED) is 0.512. The highest BCUT2D eigenvalue weighted by Gasteiger charge is 2.14. The minimum absolute atomic E-state index is 0.0266. The number of hydrogen-bond donors (Lipinski definition) is 1. The fourth-order valence-corrected chi connectivity index (χ4v) is 2.43. The summed E-state index contributed by atoms with van der Waals surface area (Å²) in [6, 6.07) is 8.84. The number of nitrogens with one attached hydrogen (secondary N) is 1. The minimum Gasteiger partial charge on any atom is -0.486 e. The standard InChI is InChI=1S/C16H12ClN3O5/c17-13-8-11(20(22)23)2-3-12(13)16(21)19-18-9-10-1-4-14-15(7-10)25-6-5-24-14/h1-4,7-9H,5-6H2,(H,19,21)/b18-9+. The molecule has 2 aromatic carbocycles. The molecule has 0 spiro atoms. The lowest BCUT2D eigenvalue weighted by Crippen LogP contribution is -2.18. The molecule has 0 fully saturated rings. The first-order valence-corrected chi connectivity index (χ1v) is 7.59. The number of halogens is 1. The smallest absolute Gasteiger partial charge is 0.272 e. The Morgan fingerprint density at radius 1 is 1.20 bits per heavy atom. The highest BCUT2D eigenvalue weighted by atomic mass is 35.5. The predicted octanol–water partition coefficient (Wildman–Crippen LogP) is 2.78. The van der Waals surface area contributed by atoms with Crippen molar-refractivity contribution in [2.75, 3.05) is 13.2 Å². The third-order valence-electron chi connectivity index (χ3n) is 3.35. The van der Waals surface area contributed by atoms with Crippen LogP contribution in [0.4, 0.5) is 5.69 Å². The summed E-state index contributed by atoms with van der Waals surface area (Å²) >= 11 is 5.90. The molecule has 0 bridgehead atoms.